The van der Waals surface area contributed by atoms with Crippen LogP contribution in [0.2, 0.25) is 5.02 Å². The maximum absolute atomic E-state index is 6.12. The fourth-order valence-corrected chi connectivity index (χ4v) is 2.96. The number of methoxy groups -OCH3 is 1. The van der Waals surface area contributed by atoms with E-state index in [0.29, 0.717) is 23.3 Å². The molecule has 1 atom stereocenters. The molecule has 0 fully saturated rings. The van der Waals surface area contributed by atoms with Gasteiger partial charge in [-0.3, -0.25) is 4.90 Å². The van der Waals surface area contributed by atoms with Crippen LogP contribution in [0, 0.1) is 6.92 Å². The number of ether oxygens (including phenoxy) is 1. The fourth-order valence-electron chi connectivity index (χ4n) is 2.76. The Labute approximate surface area is 158 Å². The minimum Gasteiger partial charge on any atom is -0.496 e. The van der Waals surface area contributed by atoms with Gasteiger partial charge in [-0.15, -0.1) is 10.2 Å². The molecule has 0 radical (unpaired) electrons. The lowest BCUT2D eigenvalue weighted by Crippen LogP contribution is -2.22. The third-order valence-electron chi connectivity index (χ3n) is 4.39. The zero-order valence-electron chi connectivity index (χ0n) is 15.4. The minimum atomic E-state index is -0.0512. The molecule has 0 aliphatic carbocycles. The highest BCUT2D eigenvalue weighted by molar-refractivity contribution is 6.30. The Morgan fingerprint density at radius 3 is 2.73 bits per heavy atom. The summed E-state index contributed by atoms with van der Waals surface area (Å²) in [6.45, 7) is 4.72. The van der Waals surface area contributed by atoms with Crippen LogP contribution in [0.25, 0.3) is 11.5 Å². The Morgan fingerprint density at radius 2 is 2.00 bits per heavy atom. The van der Waals surface area contributed by atoms with Gasteiger partial charge in [0.2, 0.25) is 11.8 Å². The molecule has 0 N–H and O–H groups in total. The molecule has 0 saturated carbocycles. The number of hydrogen-bond donors (Lipinski definition) is 0. The molecule has 0 bridgehead atoms. The van der Waals surface area contributed by atoms with E-state index in [1.54, 1.807) is 7.11 Å². The number of nitrogens with zero attached hydrogens (tertiary/aromatic N) is 3. The topological polar surface area (TPSA) is 51.4 Å². The standard InChI is InChI=1S/C20H22ClN3O2/c1-13-6-5-7-15(10-13)20-23-22-19(26-20)14(2)24(3)12-16-11-17(21)8-9-18(16)25-4/h5-11,14H,12H2,1-4H3/t14-/m1/s1. The lowest BCUT2D eigenvalue weighted by atomic mass is 10.1. The lowest BCUT2D eigenvalue weighted by Gasteiger charge is -2.22. The molecule has 0 saturated heterocycles. The highest BCUT2D eigenvalue weighted by atomic mass is 35.5. The van der Waals surface area contributed by atoms with Gasteiger partial charge in [0.05, 0.1) is 13.2 Å². The third-order valence-corrected chi connectivity index (χ3v) is 4.62. The summed E-state index contributed by atoms with van der Waals surface area (Å²) in [5.41, 5.74) is 3.09. The second-order valence-electron chi connectivity index (χ2n) is 6.36. The first-order valence-electron chi connectivity index (χ1n) is 8.41. The summed E-state index contributed by atoms with van der Waals surface area (Å²) in [4.78, 5) is 2.11. The summed E-state index contributed by atoms with van der Waals surface area (Å²) in [6.07, 6.45) is 0. The van der Waals surface area contributed by atoms with Gasteiger partial charge in [-0.05, 0) is 51.2 Å². The fraction of sp³-hybridized carbons (Fsp3) is 0.300. The molecule has 0 aliphatic rings. The molecule has 2 aromatic carbocycles. The Morgan fingerprint density at radius 1 is 1.19 bits per heavy atom. The molecule has 26 heavy (non-hydrogen) atoms. The van der Waals surface area contributed by atoms with Crippen molar-refractivity contribution in [3.63, 3.8) is 0 Å². The second kappa shape index (κ2) is 7.89. The van der Waals surface area contributed by atoms with Gasteiger partial charge < -0.3 is 9.15 Å². The van der Waals surface area contributed by atoms with Crippen LogP contribution in [-0.4, -0.2) is 29.3 Å². The highest BCUT2D eigenvalue weighted by Gasteiger charge is 2.20. The monoisotopic (exact) mass is 371 g/mol. The number of aromatic nitrogens is 2. The van der Waals surface area contributed by atoms with Gasteiger partial charge >= 0.3 is 0 Å². The van der Waals surface area contributed by atoms with Crippen LogP contribution in [0.15, 0.2) is 46.9 Å². The van der Waals surface area contributed by atoms with Gasteiger partial charge in [0.1, 0.15) is 5.75 Å². The van der Waals surface area contributed by atoms with Crippen LogP contribution in [0.4, 0.5) is 0 Å². The molecule has 0 spiro atoms. The van der Waals surface area contributed by atoms with Crippen molar-refractivity contribution in [3.8, 4) is 17.2 Å². The van der Waals surface area contributed by atoms with Gasteiger partial charge in [0, 0.05) is 22.7 Å². The molecule has 3 rings (SSSR count). The molecule has 0 aliphatic heterocycles. The van der Waals surface area contributed by atoms with Crippen LogP contribution in [0.5, 0.6) is 5.75 Å². The molecule has 3 aromatic rings. The van der Waals surface area contributed by atoms with Gasteiger partial charge in [-0.1, -0.05) is 29.3 Å². The molecule has 6 heteroatoms. The van der Waals surface area contributed by atoms with Crippen molar-refractivity contribution in [2.45, 2.75) is 26.4 Å². The maximum atomic E-state index is 6.12. The average molecular weight is 372 g/mol. The SMILES string of the molecule is COc1ccc(Cl)cc1CN(C)[C@H](C)c1nnc(-c2cccc(C)c2)o1. The van der Waals surface area contributed by atoms with E-state index in [-0.39, 0.29) is 6.04 Å². The molecular weight excluding hydrogens is 350 g/mol. The van der Waals surface area contributed by atoms with Crippen LogP contribution >= 0.6 is 11.6 Å². The molecule has 0 unspecified atom stereocenters. The van der Waals surface area contributed by atoms with E-state index in [1.807, 2.05) is 63.4 Å². The third kappa shape index (κ3) is 4.06. The highest BCUT2D eigenvalue weighted by Crippen LogP contribution is 2.28. The zero-order chi connectivity index (χ0) is 18.7. The van der Waals surface area contributed by atoms with E-state index in [0.717, 1.165) is 22.4 Å². The summed E-state index contributed by atoms with van der Waals surface area (Å²) in [6, 6.07) is 13.6. The summed E-state index contributed by atoms with van der Waals surface area (Å²) in [5, 5.41) is 9.11. The quantitative estimate of drug-likeness (QED) is 0.616. The van der Waals surface area contributed by atoms with E-state index in [1.165, 1.54) is 0 Å². The van der Waals surface area contributed by atoms with Gasteiger partial charge in [0.25, 0.3) is 0 Å². The number of aryl methyl sites for hydroxylation is 1. The summed E-state index contributed by atoms with van der Waals surface area (Å²) >= 11 is 6.12. The van der Waals surface area contributed by atoms with Crippen LogP contribution in [0.3, 0.4) is 0 Å². The number of rotatable bonds is 6. The van der Waals surface area contributed by atoms with E-state index in [2.05, 4.69) is 15.1 Å². The van der Waals surface area contributed by atoms with Gasteiger partial charge in [-0.25, -0.2) is 0 Å². The first-order valence-corrected chi connectivity index (χ1v) is 8.79. The zero-order valence-corrected chi connectivity index (χ0v) is 16.1. The summed E-state index contributed by atoms with van der Waals surface area (Å²) < 4.78 is 11.3. The predicted octanol–water partition coefficient (Wildman–Crippen LogP) is 4.90. The van der Waals surface area contributed by atoms with Crippen molar-refractivity contribution < 1.29 is 9.15 Å². The van der Waals surface area contributed by atoms with E-state index in [9.17, 15) is 0 Å². The minimum absolute atomic E-state index is 0.0512. The largest absolute Gasteiger partial charge is 0.496 e. The van der Waals surface area contributed by atoms with Crippen molar-refractivity contribution in [2.24, 2.45) is 0 Å². The second-order valence-corrected chi connectivity index (χ2v) is 6.80. The van der Waals surface area contributed by atoms with E-state index >= 15 is 0 Å². The van der Waals surface area contributed by atoms with Crippen molar-refractivity contribution in [1.29, 1.82) is 0 Å². The Balaban J connectivity index is 1.77. The first kappa shape index (κ1) is 18.4. The van der Waals surface area contributed by atoms with Crippen molar-refractivity contribution in [2.75, 3.05) is 14.2 Å². The smallest absolute Gasteiger partial charge is 0.247 e. The van der Waals surface area contributed by atoms with Crippen LogP contribution < -0.4 is 4.74 Å². The number of benzene rings is 2. The molecule has 136 valence electrons. The molecule has 1 aromatic heterocycles. The molecule has 0 amide bonds. The number of halogens is 1. The number of hydrogen-bond acceptors (Lipinski definition) is 5. The maximum Gasteiger partial charge on any atom is 0.247 e. The Bertz CT molecular complexity index is 894. The normalized spacial score (nSPS) is 12.4. The molecule has 1 heterocycles. The van der Waals surface area contributed by atoms with Crippen LogP contribution in [-0.2, 0) is 6.54 Å². The lowest BCUT2D eigenvalue weighted by molar-refractivity contribution is 0.215. The molecule has 5 nitrogen and oxygen atoms in total. The Hall–Kier alpha value is -2.37. The van der Waals surface area contributed by atoms with Gasteiger partial charge in [-0.2, -0.15) is 0 Å². The van der Waals surface area contributed by atoms with E-state index in [4.69, 9.17) is 20.8 Å². The van der Waals surface area contributed by atoms with E-state index < -0.39 is 0 Å². The summed E-state index contributed by atoms with van der Waals surface area (Å²) in [5.74, 6) is 1.91. The van der Waals surface area contributed by atoms with Crippen molar-refractivity contribution in [1.82, 2.24) is 15.1 Å². The molecular formula is C20H22ClN3O2. The van der Waals surface area contributed by atoms with Crippen LogP contribution in [0.1, 0.15) is 30.0 Å². The van der Waals surface area contributed by atoms with Crippen molar-refractivity contribution >= 4 is 11.6 Å². The Kier molecular flexibility index (Phi) is 5.59. The predicted molar refractivity (Wildman–Crippen MR) is 102 cm³/mol. The summed E-state index contributed by atoms with van der Waals surface area (Å²) in [7, 11) is 3.66. The van der Waals surface area contributed by atoms with Crippen molar-refractivity contribution in [3.05, 3.63) is 64.5 Å². The van der Waals surface area contributed by atoms with Gasteiger partial charge in [0.15, 0.2) is 0 Å². The average Bonchev–Trinajstić information content (AvgIpc) is 3.11. The first-order chi connectivity index (χ1) is 12.5.